The molecule has 4 heteroatoms. The standard InChI is InChI=1S/C13H12Cl2N2/c14-10-5-11(15)7-13(6-10)17-12-3-1-2-9(4-12)8-16/h1-7,17H,8,16H2. The average molecular weight is 267 g/mol. The highest BCUT2D eigenvalue weighted by Gasteiger charge is 1.99. The van der Waals surface area contributed by atoms with Gasteiger partial charge in [-0.25, -0.2) is 0 Å². The van der Waals surface area contributed by atoms with Crippen molar-refractivity contribution < 1.29 is 0 Å². The smallest absolute Gasteiger partial charge is 0.0441 e. The van der Waals surface area contributed by atoms with Gasteiger partial charge in [-0.1, -0.05) is 35.3 Å². The van der Waals surface area contributed by atoms with Crippen LogP contribution < -0.4 is 11.1 Å². The number of hydrogen-bond donors (Lipinski definition) is 2. The summed E-state index contributed by atoms with van der Waals surface area (Å²) in [5, 5.41) is 4.45. The predicted octanol–water partition coefficient (Wildman–Crippen LogP) is 4.20. The second-order valence-corrected chi connectivity index (χ2v) is 4.56. The molecule has 0 aliphatic carbocycles. The Balaban J connectivity index is 2.24. The fraction of sp³-hybridized carbons (Fsp3) is 0.0769. The van der Waals surface area contributed by atoms with Crippen LogP contribution in [0.15, 0.2) is 42.5 Å². The third-order valence-electron chi connectivity index (χ3n) is 2.31. The molecule has 2 rings (SSSR count). The normalized spacial score (nSPS) is 10.3. The molecule has 0 fully saturated rings. The third-order valence-corrected chi connectivity index (χ3v) is 2.75. The fourth-order valence-electron chi connectivity index (χ4n) is 1.57. The van der Waals surface area contributed by atoms with Gasteiger partial charge < -0.3 is 11.1 Å². The van der Waals surface area contributed by atoms with E-state index in [1.165, 1.54) is 0 Å². The van der Waals surface area contributed by atoms with E-state index in [0.717, 1.165) is 16.9 Å². The van der Waals surface area contributed by atoms with Crippen LogP contribution in [0.5, 0.6) is 0 Å². The van der Waals surface area contributed by atoms with Crippen LogP contribution >= 0.6 is 23.2 Å². The predicted molar refractivity (Wildman–Crippen MR) is 74.1 cm³/mol. The van der Waals surface area contributed by atoms with Crippen LogP contribution in [0.4, 0.5) is 11.4 Å². The van der Waals surface area contributed by atoms with Crippen molar-refractivity contribution in [2.24, 2.45) is 5.73 Å². The maximum absolute atomic E-state index is 5.93. The SMILES string of the molecule is NCc1cccc(Nc2cc(Cl)cc(Cl)c2)c1. The van der Waals surface area contributed by atoms with E-state index in [9.17, 15) is 0 Å². The molecule has 0 heterocycles. The molecular formula is C13H12Cl2N2. The summed E-state index contributed by atoms with van der Waals surface area (Å²) in [6.45, 7) is 0.520. The lowest BCUT2D eigenvalue weighted by molar-refractivity contribution is 1.07. The number of nitrogens with two attached hydrogens (primary N) is 1. The first-order chi connectivity index (χ1) is 8.17. The average Bonchev–Trinajstić information content (AvgIpc) is 2.28. The molecule has 0 aromatic heterocycles. The van der Waals surface area contributed by atoms with Gasteiger partial charge in [-0.2, -0.15) is 0 Å². The molecule has 0 aliphatic heterocycles. The lowest BCUT2D eigenvalue weighted by atomic mass is 10.2. The maximum atomic E-state index is 5.93. The van der Waals surface area contributed by atoms with Crippen LogP contribution in [-0.4, -0.2) is 0 Å². The quantitative estimate of drug-likeness (QED) is 0.874. The van der Waals surface area contributed by atoms with Crippen LogP contribution in [0.2, 0.25) is 10.0 Å². The minimum atomic E-state index is 0.520. The number of halogens is 2. The second kappa shape index (κ2) is 5.41. The van der Waals surface area contributed by atoms with Gasteiger partial charge in [0, 0.05) is 28.0 Å². The highest BCUT2D eigenvalue weighted by atomic mass is 35.5. The van der Waals surface area contributed by atoms with E-state index in [-0.39, 0.29) is 0 Å². The van der Waals surface area contributed by atoms with E-state index in [4.69, 9.17) is 28.9 Å². The van der Waals surface area contributed by atoms with Crippen molar-refractivity contribution in [2.45, 2.75) is 6.54 Å². The topological polar surface area (TPSA) is 38.0 Å². The molecule has 0 radical (unpaired) electrons. The summed E-state index contributed by atoms with van der Waals surface area (Å²) in [6, 6.07) is 13.2. The summed E-state index contributed by atoms with van der Waals surface area (Å²) in [5.41, 5.74) is 8.48. The van der Waals surface area contributed by atoms with Crippen LogP contribution in [-0.2, 0) is 6.54 Å². The minimum absolute atomic E-state index is 0.520. The van der Waals surface area contributed by atoms with Crippen LogP contribution in [0.1, 0.15) is 5.56 Å². The van der Waals surface area contributed by atoms with Crippen LogP contribution in [0.3, 0.4) is 0 Å². The Kier molecular flexibility index (Phi) is 3.89. The van der Waals surface area contributed by atoms with Gasteiger partial charge in [0.05, 0.1) is 0 Å². The molecule has 0 saturated carbocycles. The van der Waals surface area contributed by atoms with E-state index in [1.54, 1.807) is 6.07 Å². The number of nitrogens with one attached hydrogen (secondary N) is 1. The van der Waals surface area contributed by atoms with Crippen molar-refractivity contribution in [2.75, 3.05) is 5.32 Å². The summed E-state index contributed by atoms with van der Waals surface area (Å²) in [6.07, 6.45) is 0. The zero-order valence-electron chi connectivity index (χ0n) is 9.08. The molecule has 0 aliphatic rings. The molecule has 0 amide bonds. The van der Waals surface area contributed by atoms with Gasteiger partial charge in [-0.15, -0.1) is 0 Å². The van der Waals surface area contributed by atoms with E-state index >= 15 is 0 Å². The van der Waals surface area contributed by atoms with Crippen molar-refractivity contribution in [3.63, 3.8) is 0 Å². The minimum Gasteiger partial charge on any atom is -0.355 e. The zero-order chi connectivity index (χ0) is 12.3. The van der Waals surface area contributed by atoms with Crippen molar-refractivity contribution in [3.8, 4) is 0 Å². The van der Waals surface area contributed by atoms with Gasteiger partial charge >= 0.3 is 0 Å². The molecule has 0 unspecified atom stereocenters. The molecule has 0 spiro atoms. The van der Waals surface area contributed by atoms with Gasteiger partial charge in [0.2, 0.25) is 0 Å². The molecule has 17 heavy (non-hydrogen) atoms. The van der Waals surface area contributed by atoms with Crippen molar-refractivity contribution in [1.82, 2.24) is 0 Å². The molecule has 3 N–H and O–H groups in total. The summed E-state index contributed by atoms with van der Waals surface area (Å²) in [4.78, 5) is 0. The Morgan fingerprint density at radius 1 is 0.941 bits per heavy atom. The largest absolute Gasteiger partial charge is 0.355 e. The molecule has 2 nitrogen and oxygen atoms in total. The maximum Gasteiger partial charge on any atom is 0.0441 e. The Morgan fingerprint density at radius 3 is 2.29 bits per heavy atom. The molecular weight excluding hydrogens is 255 g/mol. The first-order valence-electron chi connectivity index (χ1n) is 5.19. The molecule has 2 aromatic carbocycles. The van der Waals surface area contributed by atoms with Crippen molar-refractivity contribution in [3.05, 3.63) is 58.1 Å². The van der Waals surface area contributed by atoms with Crippen LogP contribution in [0, 0.1) is 0 Å². The fourth-order valence-corrected chi connectivity index (χ4v) is 2.09. The number of benzene rings is 2. The molecule has 2 aromatic rings. The lowest BCUT2D eigenvalue weighted by Crippen LogP contribution is -1.97. The molecule has 0 bridgehead atoms. The van der Waals surface area contributed by atoms with Crippen molar-refractivity contribution in [1.29, 1.82) is 0 Å². The van der Waals surface area contributed by atoms with Gasteiger partial charge in [-0.3, -0.25) is 0 Å². The number of rotatable bonds is 3. The first-order valence-corrected chi connectivity index (χ1v) is 5.95. The van der Waals surface area contributed by atoms with Gasteiger partial charge in [0.15, 0.2) is 0 Å². The summed E-state index contributed by atoms with van der Waals surface area (Å²) in [7, 11) is 0. The van der Waals surface area contributed by atoms with Gasteiger partial charge in [0.1, 0.15) is 0 Å². The van der Waals surface area contributed by atoms with Crippen LogP contribution in [0.25, 0.3) is 0 Å². The van der Waals surface area contributed by atoms with Crippen molar-refractivity contribution >= 4 is 34.6 Å². The highest BCUT2D eigenvalue weighted by Crippen LogP contribution is 2.25. The number of hydrogen-bond acceptors (Lipinski definition) is 2. The Morgan fingerprint density at radius 2 is 1.65 bits per heavy atom. The Bertz CT molecular complexity index is 506. The summed E-state index contributed by atoms with van der Waals surface area (Å²) in [5.74, 6) is 0. The molecule has 0 saturated heterocycles. The zero-order valence-corrected chi connectivity index (χ0v) is 10.6. The van der Waals surface area contributed by atoms with E-state index in [2.05, 4.69) is 5.32 Å². The third kappa shape index (κ3) is 3.37. The summed E-state index contributed by atoms with van der Waals surface area (Å²) >= 11 is 11.9. The lowest BCUT2D eigenvalue weighted by Gasteiger charge is -2.08. The highest BCUT2D eigenvalue weighted by molar-refractivity contribution is 6.35. The molecule has 88 valence electrons. The van der Waals surface area contributed by atoms with Gasteiger partial charge in [0.25, 0.3) is 0 Å². The van der Waals surface area contributed by atoms with Gasteiger partial charge in [-0.05, 0) is 35.9 Å². The molecule has 0 atom stereocenters. The van der Waals surface area contributed by atoms with E-state index < -0.39 is 0 Å². The Labute approximate surface area is 110 Å². The Hall–Kier alpha value is -1.22. The number of anilines is 2. The van der Waals surface area contributed by atoms with E-state index in [1.807, 2.05) is 36.4 Å². The van der Waals surface area contributed by atoms with E-state index in [0.29, 0.717) is 16.6 Å². The summed E-state index contributed by atoms with van der Waals surface area (Å²) < 4.78 is 0. The monoisotopic (exact) mass is 266 g/mol. The first kappa shape index (κ1) is 12.2. The second-order valence-electron chi connectivity index (χ2n) is 3.69.